The van der Waals surface area contributed by atoms with Crippen LogP contribution in [0.3, 0.4) is 0 Å². The van der Waals surface area contributed by atoms with Gasteiger partial charge in [-0.25, -0.2) is 9.59 Å². The summed E-state index contributed by atoms with van der Waals surface area (Å²) in [5.74, 6) is 3.30. The van der Waals surface area contributed by atoms with Gasteiger partial charge in [0.2, 0.25) is 5.76 Å². The highest BCUT2D eigenvalue weighted by Crippen LogP contribution is 2.41. The molecular weight excluding hydrogens is 266 g/mol. The fraction of sp³-hybridized carbons (Fsp3) is 0.176. The minimum absolute atomic E-state index is 0.0877. The highest BCUT2D eigenvalue weighted by molar-refractivity contribution is 5.77. The Balaban J connectivity index is 2.16. The summed E-state index contributed by atoms with van der Waals surface area (Å²) in [6.45, 7) is 0. The van der Waals surface area contributed by atoms with Gasteiger partial charge < -0.3 is 9.64 Å². The maximum absolute atomic E-state index is 10.9. The number of allylic oxidation sites excluding steroid dienone is 1. The van der Waals surface area contributed by atoms with Gasteiger partial charge in [0.15, 0.2) is 12.0 Å². The lowest BCUT2D eigenvalue weighted by atomic mass is 9.88. The molecule has 0 fully saturated rings. The third-order valence-electron chi connectivity index (χ3n) is 3.62. The Morgan fingerprint density at radius 3 is 2.62 bits per heavy atom. The Morgan fingerprint density at radius 2 is 1.95 bits per heavy atom. The lowest BCUT2D eigenvalue weighted by Gasteiger charge is -2.29. The van der Waals surface area contributed by atoms with E-state index in [2.05, 4.69) is 0 Å². The summed E-state index contributed by atoms with van der Waals surface area (Å²) >= 11 is 0. The minimum Gasteiger partial charge on any atom is -0.469 e. The highest BCUT2D eigenvalue weighted by Gasteiger charge is 2.30. The van der Waals surface area contributed by atoms with Crippen molar-refractivity contribution >= 4 is 23.6 Å². The van der Waals surface area contributed by atoms with Crippen molar-refractivity contribution in [1.82, 2.24) is 0 Å². The van der Waals surface area contributed by atoms with Crippen LogP contribution in [0, 0.1) is 0 Å². The van der Waals surface area contributed by atoms with Crippen LogP contribution in [0.4, 0.5) is 5.69 Å². The molecule has 1 unspecified atom stereocenters. The van der Waals surface area contributed by atoms with Crippen LogP contribution in [0.15, 0.2) is 47.3 Å². The van der Waals surface area contributed by atoms with E-state index >= 15 is 0 Å². The lowest BCUT2D eigenvalue weighted by molar-refractivity contribution is 0.153. The van der Waals surface area contributed by atoms with Crippen LogP contribution in [-0.2, 0) is 14.3 Å². The first-order chi connectivity index (χ1) is 10.1. The highest BCUT2D eigenvalue weighted by atomic mass is 16.5. The van der Waals surface area contributed by atoms with Crippen LogP contribution in [0.25, 0.3) is 6.08 Å². The van der Waals surface area contributed by atoms with Gasteiger partial charge in [0.25, 0.3) is 0 Å². The first-order valence-electron chi connectivity index (χ1n) is 6.52. The fourth-order valence-electron chi connectivity index (χ4n) is 2.50. The van der Waals surface area contributed by atoms with E-state index in [-0.39, 0.29) is 11.3 Å². The average Bonchev–Trinajstić information content (AvgIpc) is 2.52. The van der Waals surface area contributed by atoms with E-state index in [1.807, 2.05) is 49.3 Å². The molecule has 1 aromatic rings. The van der Waals surface area contributed by atoms with Crippen LogP contribution in [0.2, 0.25) is 0 Å². The Morgan fingerprint density at radius 1 is 1.14 bits per heavy atom. The fourth-order valence-corrected chi connectivity index (χ4v) is 2.50. The van der Waals surface area contributed by atoms with Crippen LogP contribution in [0.1, 0.15) is 17.2 Å². The molecule has 1 atom stereocenters. The monoisotopic (exact) mass is 279 g/mol. The van der Waals surface area contributed by atoms with E-state index in [0.29, 0.717) is 0 Å². The van der Waals surface area contributed by atoms with Crippen molar-refractivity contribution in [2.75, 3.05) is 19.0 Å². The summed E-state index contributed by atoms with van der Waals surface area (Å²) < 4.78 is 5.66. The molecule has 0 spiro atoms. The average molecular weight is 279 g/mol. The van der Waals surface area contributed by atoms with E-state index in [9.17, 15) is 9.59 Å². The predicted molar refractivity (Wildman–Crippen MR) is 80.1 cm³/mol. The summed E-state index contributed by atoms with van der Waals surface area (Å²) in [6, 6.07) is 6.06. The molecule has 2 aliphatic rings. The number of nitrogens with zero attached hydrogens (tertiary/aromatic N) is 1. The van der Waals surface area contributed by atoms with Crippen LogP contribution >= 0.6 is 0 Å². The molecule has 4 heteroatoms. The number of hydrogen-bond donors (Lipinski definition) is 0. The van der Waals surface area contributed by atoms with Crippen molar-refractivity contribution in [3.63, 3.8) is 0 Å². The van der Waals surface area contributed by atoms with Gasteiger partial charge in [-0.3, -0.25) is 0 Å². The summed E-state index contributed by atoms with van der Waals surface area (Å²) in [6.07, 6.45) is 5.10. The first kappa shape index (κ1) is 13.2. The van der Waals surface area contributed by atoms with E-state index in [1.54, 1.807) is 18.0 Å². The predicted octanol–water partition coefficient (Wildman–Crippen LogP) is 2.25. The van der Waals surface area contributed by atoms with Gasteiger partial charge in [-0.05, 0) is 29.3 Å². The first-order valence-corrected chi connectivity index (χ1v) is 6.52. The Labute approximate surface area is 122 Å². The third-order valence-corrected chi connectivity index (χ3v) is 3.62. The zero-order valence-corrected chi connectivity index (χ0v) is 11.7. The molecule has 4 nitrogen and oxygen atoms in total. The maximum Gasteiger partial charge on any atom is 0.223 e. The van der Waals surface area contributed by atoms with Crippen LogP contribution in [0.5, 0.6) is 0 Å². The molecule has 104 valence electrons. The van der Waals surface area contributed by atoms with Gasteiger partial charge in [-0.1, -0.05) is 18.2 Å². The SMILES string of the molecule is CN(C)c1ccc2c(c1)C1OC(=C=O)C(=C=O)C=C1C=C2. The van der Waals surface area contributed by atoms with Gasteiger partial charge in [0.1, 0.15) is 11.5 Å². The van der Waals surface area contributed by atoms with Crippen LogP contribution in [-0.4, -0.2) is 26.0 Å². The molecule has 21 heavy (non-hydrogen) atoms. The molecule has 0 radical (unpaired) electrons. The lowest BCUT2D eigenvalue weighted by Crippen LogP contribution is -2.17. The number of ether oxygens (including phenoxy) is 1. The Bertz CT molecular complexity index is 773. The molecular formula is C17H13NO3. The maximum atomic E-state index is 10.9. The molecule has 1 heterocycles. The Hall–Kier alpha value is -2.80. The smallest absolute Gasteiger partial charge is 0.223 e. The van der Waals surface area contributed by atoms with Crippen molar-refractivity contribution < 1.29 is 14.3 Å². The molecule has 1 aliphatic heterocycles. The molecule has 0 bridgehead atoms. The molecule has 1 aliphatic carbocycles. The van der Waals surface area contributed by atoms with Gasteiger partial charge in [0.05, 0.1) is 0 Å². The second-order valence-corrected chi connectivity index (χ2v) is 5.13. The quantitative estimate of drug-likeness (QED) is 0.740. The number of anilines is 1. The van der Waals surface area contributed by atoms with Gasteiger partial charge in [-0.15, -0.1) is 0 Å². The zero-order chi connectivity index (χ0) is 15.0. The minimum atomic E-state index is -0.390. The van der Waals surface area contributed by atoms with Gasteiger partial charge >= 0.3 is 0 Å². The van der Waals surface area contributed by atoms with E-state index in [1.165, 1.54) is 0 Å². The topological polar surface area (TPSA) is 46.6 Å². The number of fused-ring (bicyclic) bond motifs is 3. The molecule has 0 saturated heterocycles. The summed E-state index contributed by atoms with van der Waals surface area (Å²) in [5, 5.41) is 0. The van der Waals surface area contributed by atoms with E-state index in [0.717, 1.165) is 22.4 Å². The third kappa shape index (κ3) is 2.13. The summed E-state index contributed by atoms with van der Waals surface area (Å²) in [7, 11) is 3.92. The summed E-state index contributed by atoms with van der Waals surface area (Å²) in [4.78, 5) is 23.8. The molecule has 0 amide bonds. The number of carbonyl (C=O) groups excluding carboxylic acids is 2. The van der Waals surface area contributed by atoms with Crippen molar-refractivity contribution in [3.8, 4) is 0 Å². The van der Waals surface area contributed by atoms with Crippen molar-refractivity contribution in [2.45, 2.75) is 6.10 Å². The van der Waals surface area contributed by atoms with Gasteiger partial charge in [-0.2, -0.15) is 0 Å². The second kappa shape index (κ2) is 4.95. The molecule has 0 N–H and O–H groups in total. The van der Waals surface area contributed by atoms with Crippen molar-refractivity contribution in [1.29, 1.82) is 0 Å². The van der Waals surface area contributed by atoms with Crippen LogP contribution < -0.4 is 4.90 Å². The van der Waals surface area contributed by atoms with Gasteiger partial charge in [0, 0.05) is 25.3 Å². The number of rotatable bonds is 1. The van der Waals surface area contributed by atoms with E-state index in [4.69, 9.17) is 4.74 Å². The van der Waals surface area contributed by atoms with Crippen molar-refractivity contribution in [3.05, 3.63) is 58.4 Å². The van der Waals surface area contributed by atoms with E-state index < -0.39 is 6.10 Å². The summed E-state index contributed by atoms with van der Waals surface area (Å²) in [5.41, 5.74) is 3.98. The number of benzene rings is 1. The normalized spacial score (nSPS) is 18.8. The number of hydrogen-bond acceptors (Lipinski definition) is 4. The largest absolute Gasteiger partial charge is 0.469 e. The molecule has 1 aromatic carbocycles. The Kier molecular flexibility index (Phi) is 3.11. The molecule has 0 aromatic heterocycles. The van der Waals surface area contributed by atoms with Crippen molar-refractivity contribution in [2.24, 2.45) is 0 Å². The molecule has 0 saturated carbocycles. The molecule has 3 rings (SSSR count). The second-order valence-electron chi connectivity index (χ2n) is 5.13. The zero-order valence-electron chi connectivity index (χ0n) is 11.7. The standard InChI is InChI=1S/C17H13NO3/c1-18(2)14-6-5-11-3-4-12-7-13(9-19)16(10-20)21-17(12)15(11)8-14/h3-8,17H,1-2H3.